The molecule has 0 radical (unpaired) electrons. The molecule has 0 fully saturated rings. The zero-order valence-corrected chi connectivity index (χ0v) is 15.9. The van der Waals surface area contributed by atoms with E-state index in [9.17, 15) is 13.2 Å². The quantitative estimate of drug-likeness (QED) is 0.877. The maximum atomic E-state index is 12.7. The monoisotopic (exact) mass is 372 g/mol. The van der Waals surface area contributed by atoms with Crippen molar-refractivity contribution in [3.8, 4) is 0 Å². The highest BCUT2D eigenvalue weighted by molar-refractivity contribution is 7.92. The Morgan fingerprint density at radius 3 is 2.46 bits per heavy atom. The second-order valence-corrected chi connectivity index (χ2v) is 8.70. The van der Waals surface area contributed by atoms with Gasteiger partial charge in [-0.2, -0.15) is 0 Å². The molecule has 2 aromatic rings. The van der Waals surface area contributed by atoms with E-state index in [1.807, 2.05) is 37.3 Å². The number of amides is 1. The number of anilines is 1. The van der Waals surface area contributed by atoms with Gasteiger partial charge in [-0.25, -0.2) is 8.42 Å². The van der Waals surface area contributed by atoms with Crippen LogP contribution in [0, 0.1) is 12.8 Å². The number of benzene rings is 2. The summed E-state index contributed by atoms with van der Waals surface area (Å²) in [6.07, 6.45) is 0.809. The molecule has 0 saturated heterocycles. The number of carbonyl (C=O) groups excluding carboxylic acids is 1. The number of rotatable bonds is 5. The summed E-state index contributed by atoms with van der Waals surface area (Å²) in [5.74, 6) is -0.935. The van der Waals surface area contributed by atoms with Crippen molar-refractivity contribution in [2.45, 2.75) is 26.8 Å². The molecule has 1 atom stereocenters. The normalized spacial score (nSPS) is 15.2. The smallest absolute Gasteiger partial charge is 0.233 e. The van der Waals surface area contributed by atoms with Crippen LogP contribution in [0.5, 0.6) is 0 Å². The van der Waals surface area contributed by atoms with Gasteiger partial charge in [-0.1, -0.05) is 48.9 Å². The molecule has 1 aliphatic rings. The Bertz CT molecular complexity index is 892. The van der Waals surface area contributed by atoms with Gasteiger partial charge in [-0.05, 0) is 36.6 Å². The third-order valence-electron chi connectivity index (χ3n) is 4.66. The van der Waals surface area contributed by atoms with Gasteiger partial charge in [0, 0.05) is 18.8 Å². The second kappa shape index (κ2) is 7.50. The molecule has 6 heteroatoms. The third kappa shape index (κ3) is 4.43. The van der Waals surface area contributed by atoms with Crippen LogP contribution in [0.25, 0.3) is 0 Å². The SMILES string of the molecule is Cc1ccc(NS(=O)(=O)CC(C)C(=O)N2CCc3ccccc3C2)cc1. The molecule has 0 aliphatic carbocycles. The summed E-state index contributed by atoms with van der Waals surface area (Å²) in [5, 5.41) is 0. The first-order valence-corrected chi connectivity index (χ1v) is 10.4. The fourth-order valence-corrected chi connectivity index (χ4v) is 4.62. The second-order valence-electron chi connectivity index (χ2n) is 6.93. The van der Waals surface area contributed by atoms with E-state index in [2.05, 4.69) is 10.8 Å². The fraction of sp³-hybridized carbons (Fsp3) is 0.350. The number of nitrogens with zero attached hydrogens (tertiary/aromatic N) is 1. The first-order valence-electron chi connectivity index (χ1n) is 8.77. The zero-order valence-electron chi connectivity index (χ0n) is 15.1. The number of aryl methyl sites for hydroxylation is 1. The molecule has 0 bridgehead atoms. The van der Waals surface area contributed by atoms with Crippen molar-refractivity contribution in [2.75, 3.05) is 17.0 Å². The van der Waals surface area contributed by atoms with E-state index in [4.69, 9.17) is 0 Å². The number of hydrogen-bond donors (Lipinski definition) is 1. The van der Waals surface area contributed by atoms with Crippen molar-refractivity contribution in [2.24, 2.45) is 5.92 Å². The highest BCUT2D eigenvalue weighted by Gasteiger charge is 2.28. The first-order chi connectivity index (χ1) is 12.3. The number of nitrogens with one attached hydrogen (secondary N) is 1. The Balaban J connectivity index is 1.62. The zero-order chi connectivity index (χ0) is 18.7. The summed E-state index contributed by atoms with van der Waals surface area (Å²) in [7, 11) is -3.59. The van der Waals surface area contributed by atoms with Crippen LogP contribution < -0.4 is 4.72 Å². The minimum Gasteiger partial charge on any atom is -0.338 e. The van der Waals surface area contributed by atoms with Crippen LogP contribution in [0.2, 0.25) is 0 Å². The lowest BCUT2D eigenvalue weighted by atomic mass is 9.99. The van der Waals surface area contributed by atoms with Crippen molar-refractivity contribution in [1.29, 1.82) is 0 Å². The van der Waals surface area contributed by atoms with Crippen molar-refractivity contribution in [3.63, 3.8) is 0 Å². The Morgan fingerprint density at radius 2 is 1.77 bits per heavy atom. The van der Waals surface area contributed by atoms with Crippen LogP contribution in [0.1, 0.15) is 23.6 Å². The van der Waals surface area contributed by atoms with E-state index >= 15 is 0 Å². The van der Waals surface area contributed by atoms with Crippen LogP contribution in [0.15, 0.2) is 48.5 Å². The van der Waals surface area contributed by atoms with Crippen molar-refractivity contribution in [1.82, 2.24) is 4.90 Å². The van der Waals surface area contributed by atoms with Crippen LogP contribution >= 0.6 is 0 Å². The van der Waals surface area contributed by atoms with Crippen molar-refractivity contribution in [3.05, 3.63) is 65.2 Å². The minimum atomic E-state index is -3.59. The largest absolute Gasteiger partial charge is 0.338 e. The summed E-state index contributed by atoms with van der Waals surface area (Å²) in [4.78, 5) is 14.5. The molecule has 26 heavy (non-hydrogen) atoms. The van der Waals surface area contributed by atoms with Crippen LogP contribution in [0.3, 0.4) is 0 Å². The van der Waals surface area contributed by atoms with Crippen molar-refractivity contribution < 1.29 is 13.2 Å². The van der Waals surface area contributed by atoms with Gasteiger partial charge in [0.05, 0.1) is 11.7 Å². The highest BCUT2D eigenvalue weighted by Crippen LogP contribution is 2.21. The molecular weight excluding hydrogens is 348 g/mol. The number of fused-ring (bicyclic) bond motifs is 1. The molecule has 2 aromatic carbocycles. The maximum absolute atomic E-state index is 12.7. The Labute approximate surface area is 155 Å². The molecule has 5 nitrogen and oxygen atoms in total. The standard InChI is InChI=1S/C20H24N2O3S/c1-15-7-9-19(10-8-15)21-26(24,25)14-16(2)20(23)22-12-11-17-5-3-4-6-18(17)13-22/h3-10,16,21H,11-14H2,1-2H3. The third-order valence-corrected chi connectivity index (χ3v) is 6.14. The van der Waals surface area contributed by atoms with Gasteiger partial charge >= 0.3 is 0 Å². The highest BCUT2D eigenvalue weighted by atomic mass is 32.2. The van der Waals surface area contributed by atoms with E-state index < -0.39 is 15.9 Å². The molecule has 0 aromatic heterocycles. The molecule has 1 amide bonds. The average molecular weight is 372 g/mol. The fourth-order valence-electron chi connectivity index (χ4n) is 3.24. The van der Waals surface area contributed by atoms with Gasteiger partial charge in [0.15, 0.2) is 0 Å². The van der Waals surface area contributed by atoms with E-state index in [0.717, 1.165) is 17.5 Å². The van der Waals surface area contributed by atoms with Crippen LogP contribution in [-0.4, -0.2) is 31.5 Å². The average Bonchev–Trinajstić information content (AvgIpc) is 2.62. The molecule has 0 saturated carbocycles. The van der Waals surface area contributed by atoms with Crippen LogP contribution in [-0.2, 0) is 27.8 Å². The lowest BCUT2D eigenvalue weighted by molar-refractivity contribution is -0.135. The molecular formula is C20H24N2O3S. The van der Waals surface area contributed by atoms with Gasteiger partial charge in [0.25, 0.3) is 0 Å². The molecule has 1 heterocycles. The molecule has 1 unspecified atom stereocenters. The number of sulfonamides is 1. The topological polar surface area (TPSA) is 66.5 Å². The molecule has 0 spiro atoms. The van der Waals surface area contributed by atoms with E-state index in [-0.39, 0.29) is 11.7 Å². The number of hydrogen-bond acceptors (Lipinski definition) is 3. The summed E-state index contributed by atoms with van der Waals surface area (Å²) in [6.45, 7) is 4.80. The van der Waals surface area contributed by atoms with E-state index in [1.54, 1.807) is 24.0 Å². The molecule has 1 N–H and O–H groups in total. The molecule has 3 rings (SSSR count). The maximum Gasteiger partial charge on any atom is 0.233 e. The van der Waals surface area contributed by atoms with Gasteiger partial charge in [-0.3, -0.25) is 9.52 Å². The van der Waals surface area contributed by atoms with E-state index in [1.165, 1.54) is 5.56 Å². The predicted octanol–water partition coefficient (Wildman–Crippen LogP) is 2.96. The van der Waals surface area contributed by atoms with Crippen molar-refractivity contribution >= 4 is 21.6 Å². The van der Waals surface area contributed by atoms with Crippen LogP contribution in [0.4, 0.5) is 5.69 Å². The molecule has 1 aliphatic heterocycles. The summed E-state index contributed by atoms with van der Waals surface area (Å²) >= 11 is 0. The number of carbonyl (C=O) groups is 1. The lowest BCUT2D eigenvalue weighted by Crippen LogP contribution is -2.41. The minimum absolute atomic E-state index is 0.117. The van der Waals surface area contributed by atoms with Gasteiger partial charge in [0.1, 0.15) is 0 Å². The predicted molar refractivity (Wildman–Crippen MR) is 103 cm³/mol. The first kappa shape index (κ1) is 18.5. The summed E-state index contributed by atoms with van der Waals surface area (Å²) in [5.41, 5.74) is 3.97. The van der Waals surface area contributed by atoms with Gasteiger partial charge in [0.2, 0.25) is 15.9 Å². The van der Waals surface area contributed by atoms with Gasteiger partial charge < -0.3 is 4.90 Å². The lowest BCUT2D eigenvalue weighted by Gasteiger charge is -2.31. The summed E-state index contributed by atoms with van der Waals surface area (Å²) in [6, 6.07) is 15.2. The summed E-state index contributed by atoms with van der Waals surface area (Å²) < 4.78 is 27.3. The van der Waals surface area contributed by atoms with Gasteiger partial charge in [-0.15, -0.1) is 0 Å². The Morgan fingerprint density at radius 1 is 1.12 bits per heavy atom. The molecule has 138 valence electrons. The Kier molecular flexibility index (Phi) is 5.32. The van der Waals surface area contributed by atoms with E-state index in [0.29, 0.717) is 18.8 Å². The Hall–Kier alpha value is -2.34.